The van der Waals surface area contributed by atoms with Crippen LogP contribution in [0.25, 0.3) is 11.1 Å². The maximum Gasteiger partial charge on any atom is 0.339 e. The Morgan fingerprint density at radius 2 is 1.73 bits per heavy atom. The van der Waals surface area contributed by atoms with Crippen LogP contribution in [-0.2, 0) is 11.3 Å². The van der Waals surface area contributed by atoms with E-state index in [1.165, 1.54) is 20.0 Å². The molecule has 7 nitrogen and oxygen atoms in total. The predicted molar refractivity (Wildman–Crippen MR) is 126 cm³/mol. The molecule has 0 bridgehead atoms. The summed E-state index contributed by atoms with van der Waals surface area (Å²) in [5.74, 6) is -0.629. The molecule has 0 atom stereocenters. The van der Waals surface area contributed by atoms with Crippen LogP contribution in [0.3, 0.4) is 0 Å². The average molecular weight is 445 g/mol. The van der Waals surface area contributed by atoms with Gasteiger partial charge in [-0.1, -0.05) is 38.8 Å². The molecule has 3 aromatic rings. The second-order valence-electron chi connectivity index (χ2n) is 7.53. The first-order chi connectivity index (χ1) is 15.8. The Balaban J connectivity index is 0.000000890. The molecule has 33 heavy (non-hydrogen) atoms. The third-order valence-corrected chi connectivity index (χ3v) is 5.23. The predicted octanol–water partition coefficient (Wildman–Crippen LogP) is 5.26. The lowest BCUT2D eigenvalue weighted by Crippen LogP contribution is -2.07. The van der Waals surface area contributed by atoms with Crippen molar-refractivity contribution < 1.29 is 14.6 Å². The fourth-order valence-electron chi connectivity index (χ4n) is 3.29. The maximum atomic E-state index is 11.8. The molecule has 0 spiro atoms. The highest BCUT2D eigenvalue weighted by Gasteiger charge is 2.17. The van der Waals surface area contributed by atoms with Crippen LogP contribution in [0.15, 0.2) is 36.4 Å². The molecular formula is C26H28N4O3. The summed E-state index contributed by atoms with van der Waals surface area (Å²) in [5.41, 5.74) is 4.78. The topological polar surface area (TPSA) is 112 Å². The van der Waals surface area contributed by atoms with Gasteiger partial charge in [-0.2, -0.15) is 15.6 Å². The number of carbonyl (C=O) groups excluding carboxylic acids is 1. The summed E-state index contributed by atoms with van der Waals surface area (Å²) in [4.78, 5) is 11.8. The van der Waals surface area contributed by atoms with E-state index in [1.807, 2.05) is 26.0 Å². The number of rotatable bonds is 5. The summed E-state index contributed by atoms with van der Waals surface area (Å²) in [6.45, 7) is 8.55. The van der Waals surface area contributed by atoms with Crippen LogP contribution in [0.1, 0.15) is 65.1 Å². The van der Waals surface area contributed by atoms with E-state index in [2.05, 4.69) is 18.9 Å². The number of phenols is 1. The number of aromatic nitrogens is 2. The summed E-state index contributed by atoms with van der Waals surface area (Å²) in [6.07, 6.45) is 2.64. The summed E-state index contributed by atoms with van der Waals surface area (Å²) in [7, 11) is 1.27. The number of esters is 1. The number of nitrogens with zero attached hydrogens (tertiary/aromatic N) is 4. The Labute approximate surface area is 194 Å². The molecule has 0 aliphatic rings. The lowest BCUT2D eigenvalue weighted by molar-refractivity contribution is 0.0600. The van der Waals surface area contributed by atoms with Gasteiger partial charge in [-0.3, -0.25) is 4.68 Å². The van der Waals surface area contributed by atoms with E-state index in [4.69, 9.17) is 10.00 Å². The van der Waals surface area contributed by atoms with Crippen molar-refractivity contribution in [2.24, 2.45) is 0 Å². The summed E-state index contributed by atoms with van der Waals surface area (Å²) in [6, 6.07) is 13.9. The Hall–Kier alpha value is -4.10. The fraction of sp³-hybridized carbons (Fsp3) is 0.308. The molecule has 0 saturated carbocycles. The van der Waals surface area contributed by atoms with Gasteiger partial charge >= 0.3 is 5.97 Å². The van der Waals surface area contributed by atoms with E-state index in [9.17, 15) is 15.2 Å². The summed E-state index contributed by atoms with van der Waals surface area (Å²) < 4.78 is 6.50. The molecule has 0 amide bonds. The van der Waals surface area contributed by atoms with E-state index in [0.29, 0.717) is 6.54 Å². The molecule has 0 fully saturated rings. The van der Waals surface area contributed by atoms with Crippen LogP contribution in [0.5, 0.6) is 5.75 Å². The van der Waals surface area contributed by atoms with Gasteiger partial charge in [-0.15, -0.1) is 0 Å². The number of benzene rings is 2. The number of unbranched alkanes of at least 4 members (excludes halogenated alkanes) is 1. The Bertz CT molecular complexity index is 1230. The normalized spacial score (nSPS) is 9.91. The van der Waals surface area contributed by atoms with E-state index in [-0.39, 0.29) is 22.4 Å². The van der Waals surface area contributed by atoms with Crippen molar-refractivity contribution in [1.82, 2.24) is 9.78 Å². The van der Waals surface area contributed by atoms with E-state index >= 15 is 0 Å². The standard InChI is InChI=1S/C22H18N4O3.C4H10/c1-13-21(16-5-6-17(10-23)20(27)9-16)14(2)26(25-13)12-15-4-7-19(22(28)29-3)18(8-15)11-24;1-3-4-2/h4-9,27H,12H2,1-3H3;3-4H2,1-2H3. The molecule has 3 rings (SSSR count). The van der Waals surface area contributed by atoms with E-state index in [0.717, 1.165) is 28.1 Å². The molecule has 0 aliphatic heterocycles. The molecule has 0 saturated heterocycles. The van der Waals surface area contributed by atoms with Gasteiger partial charge < -0.3 is 9.84 Å². The number of nitriles is 2. The first-order valence-corrected chi connectivity index (χ1v) is 10.7. The van der Waals surface area contributed by atoms with Crippen molar-refractivity contribution in [3.8, 4) is 29.0 Å². The highest BCUT2D eigenvalue weighted by molar-refractivity contribution is 5.92. The highest BCUT2D eigenvalue weighted by Crippen LogP contribution is 2.31. The number of hydrogen-bond donors (Lipinski definition) is 1. The lowest BCUT2D eigenvalue weighted by Gasteiger charge is -2.09. The molecule has 0 unspecified atom stereocenters. The Morgan fingerprint density at radius 1 is 1.06 bits per heavy atom. The molecule has 0 aliphatic carbocycles. The first-order valence-electron chi connectivity index (χ1n) is 10.7. The Morgan fingerprint density at radius 3 is 2.27 bits per heavy atom. The zero-order chi connectivity index (χ0) is 24.5. The van der Waals surface area contributed by atoms with Gasteiger partial charge in [0.25, 0.3) is 0 Å². The number of phenolic OH excluding ortho intramolecular Hbond substituents is 1. The largest absolute Gasteiger partial charge is 0.507 e. The fourth-order valence-corrected chi connectivity index (χ4v) is 3.29. The number of hydrogen-bond acceptors (Lipinski definition) is 6. The molecule has 1 aromatic heterocycles. The van der Waals surface area contributed by atoms with Crippen molar-refractivity contribution >= 4 is 5.97 Å². The van der Waals surface area contributed by atoms with E-state index < -0.39 is 5.97 Å². The maximum absolute atomic E-state index is 11.8. The minimum Gasteiger partial charge on any atom is -0.507 e. The monoisotopic (exact) mass is 444 g/mol. The third kappa shape index (κ3) is 5.78. The molecule has 1 N–H and O–H groups in total. The number of carbonyl (C=O) groups is 1. The quantitative estimate of drug-likeness (QED) is 0.537. The molecule has 170 valence electrons. The zero-order valence-corrected chi connectivity index (χ0v) is 19.6. The second-order valence-corrected chi connectivity index (χ2v) is 7.53. The van der Waals surface area contributed by atoms with Crippen molar-refractivity contribution in [3.05, 3.63) is 70.0 Å². The van der Waals surface area contributed by atoms with Crippen LogP contribution in [0.4, 0.5) is 0 Å². The number of methoxy groups -OCH3 is 1. The SMILES string of the molecule is CCCC.COC(=O)c1ccc(Cn2nc(C)c(-c3ccc(C#N)c(O)c3)c2C)cc1C#N. The third-order valence-electron chi connectivity index (χ3n) is 5.23. The molecular weight excluding hydrogens is 416 g/mol. The smallest absolute Gasteiger partial charge is 0.339 e. The van der Waals surface area contributed by atoms with E-state index in [1.54, 1.807) is 41.1 Å². The van der Waals surface area contributed by atoms with Gasteiger partial charge in [0.1, 0.15) is 17.9 Å². The Kier molecular flexibility index (Phi) is 8.77. The van der Waals surface area contributed by atoms with Gasteiger partial charge in [0.15, 0.2) is 0 Å². The van der Waals surface area contributed by atoms with Gasteiger partial charge in [0.2, 0.25) is 0 Å². The average Bonchev–Trinajstić information content (AvgIpc) is 3.10. The van der Waals surface area contributed by atoms with Gasteiger partial charge in [-0.05, 0) is 49.2 Å². The van der Waals surface area contributed by atoms with Crippen molar-refractivity contribution in [3.63, 3.8) is 0 Å². The summed E-state index contributed by atoms with van der Waals surface area (Å²) in [5, 5.41) is 32.9. The number of ether oxygens (including phenoxy) is 1. The zero-order valence-electron chi connectivity index (χ0n) is 19.6. The van der Waals surface area contributed by atoms with Crippen molar-refractivity contribution in [2.45, 2.75) is 47.1 Å². The number of aromatic hydroxyl groups is 1. The van der Waals surface area contributed by atoms with Gasteiger partial charge in [0.05, 0.1) is 36.0 Å². The molecule has 2 aromatic carbocycles. The minimum atomic E-state index is -0.554. The molecule has 1 heterocycles. The van der Waals surface area contributed by atoms with Gasteiger partial charge in [0, 0.05) is 11.3 Å². The van der Waals surface area contributed by atoms with Crippen molar-refractivity contribution in [1.29, 1.82) is 10.5 Å². The first kappa shape index (κ1) is 25.2. The molecule has 7 heteroatoms. The van der Waals surface area contributed by atoms with Crippen LogP contribution >= 0.6 is 0 Å². The lowest BCUT2D eigenvalue weighted by atomic mass is 10.0. The van der Waals surface area contributed by atoms with Crippen molar-refractivity contribution in [2.75, 3.05) is 7.11 Å². The van der Waals surface area contributed by atoms with Crippen LogP contribution in [0.2, 0.25) is 0 Å². The number of aryl methyl sites for hydroxylation is 1. The minimum absolute atomic E-state index is 0.0754. The van der Waals surface area contributed by atoms with Crippen LogP contribution < -0.4 is 0 Å². The highest BCUT2D eigenvalue weighted by atomic mass is 16.5. The van der Waals surface area contributed by atoms with Crippen LogP contribution in [-0.4, -0.2) is 28.0 Å². The summed E-state index contributed by atoms with van der Waals surface area (Å²) >= 11 is 0. The second kappa shape index (κ2) is 11.5. The van der Waals surface area contributed by atoms with Gasteiger partial charge in [-0.25, -0.2) is 4.79 Å². The molecule has 0 radical (unpaired) electrons. The van der Waals surface area contributed by atoms with Crippen LogP contribution in [0, 0.1) is 36.5 Å².